The Morgan fingerprint density at radius 3 is 2.26 bits per heavy atom. The second kappa shape index (κ2) is 13.5. The molecular weight excluding hydrogens is 463 g/mol. The molecule has 1 heterocycles. The van der Waals surface area contributed by atoms with E-state index in [-0.39, 0.29) is 19.4 Å². The third-order valence-electron chi connectivity index (χ3n) is 5.16. The number of likely N-dealkylation sites (tertiary alicyclic amines) is 1. The summed E-state index contributed by atoms with van der Waals surface area (Å²) in [5.74, 6) is 0.530. The molecule has 200 valence electrons. The van der Waals surface area contributed by atoms with Gasteiger partial charge in [-0.3, -0.25) is 4.74 Å². The molecule has 35 heavy (non-hydrogen) atoms. The lowest BCUT2D eigenvalue weighted by molar-refractivity contribution is -0.345. The molecule has 0 aliphatic carbocycles. The average molecular weight is 504 g/mol. The molecule has 0 spiro atoms. The standard InChI is InChI=1S/C24H40F3N5O3/c1-8-18(15-29-7)13-20(17(3)28)21(31-16(2)14-30-22(33)35-23(4,5)6)32-11-9-19(10-12-32)34-24(25,26)27/h15,19,28-29H,8-14H2,1-7H3,(H,30,33)/b18-15-,21-20+,28-17?,31-16?. The molecule has 1 aliphatic rings. The molecule has 0 atom stereocenters. The molecule has 1 saturated heterocycles. The van der Waals surface area contributed by atoms with E-state index in [9.17, 15) is 18.0 Å². The number of halogens is 3. The lowest BCUT2D eigenvalue weighted by atomic mass is 9.99. The van der Waals surface area contributed by atoms with Gasteiger partial charge in [0.05, 0.1) is 12.6 Å². The predicted octanol–water partition coefficient (Wildman–Crippen LogP) is 5.13. The number of hydrogen-bond acceptors (Lipinski definition) is 7. The molecule has 0 aromatic rings. The van der Waals surface area contributed by atoms with Crippen LogP contribution in [0.5, 0.6) is 0 Å². The van der Waals surface area contributed by atoms with Crippen LogP contribution in [0.3, 0.4) is 0 Å². The van der Waals surface area contributed by atoms with Gasteiger partial charge in [0.25, 0.3) is 0 Å². The van der Waals surface area contributed by atoms with Crippen molar-refractivity contribution in [1.82, 2.24) is 15.5 Å². The monoisotopic (exact) mass is 503 g/mol. The molecule has 0 aromatic heterocycles. The van der Waals surface area contributed by atoms with Gasteiger partial charge >= 0.3 is 12.5 Å². The summed E-state index contributed by atoms with van der Waals surface area (Å²) in [6, 6.07) is 0. The molecule has 8 nitrogen and oxygen atoms in total. The average Bonchev–Trinajstić information content (AvgIpc) is 2.72. The second-order valence-electron chi connectivity index (χ2n) is 9.50. The first-order chi connectivity index (χ1) is 16.1. The molecular formula is C24H40F3N5O3. The quantitative estimate of drug-likeness (QED) is 0.359. The maximum Gasteiger partial charge on any atom is 0.522 e. The van der Waals surface area contributed by atoms with Crippen LogP contribution >= 0.6 is 0 Å². The number of carbonyl (C=O) groups excluding carboxylic acids is 1. The Morgan fingerprint density at radius 2 is 1.80 bits per heavy atom. The van der Waals surface area contributed by atoms with Gasteiger partial charge in [-0.2, -0.15) is 0 Å². The van der Waals surface area contributed by atoms with Crippen molar-refractivity contribution in [2.75, 3.05) is 26.7 Å². The van der Waals surface area contributed by atoms with Crippen LogP contribution < -0.4 is 10.6 Å². The summed E-state index contributed by atoms with van der Waals surface area (Å²) in [7, 11) is 1.80. The van der Waals surface area contributed by atoms with Crippen LogP contribution in [0.25, 0.3) is 0 Å². The number of carbonyl (C=O) groups is 1. The summed E-state index contributed by atoms with van der Waals surface area (Å²) in [6.45, 7) is 11.5. The van der Waals surface area contributed by atoms with E-state index in [0.29, 0.717) is 42.3 Å². The van der Waals surface area contributed by atoms with E-state index in [2.05, 4.69) is 15.4 Å². The number of alkyl carbamates (subject to hydrolysis) is 1. The van der Waals surface area contributed by atoms with Gasteiger partial charge in [-0.05, 0) is 60.1 Å². The molecule has 0 saturated carbocycles. The number of amides is 1. The van der Waals surface area contributed by atoms with Crippen molar-refractivity contribution in [3.05, 3.63) is 23.2 Å². The van der Waals surface area contributed by atoms with Gasteiger partial charge in [0.2, 0.25) is 0 Å². The van der Waals surface area contributed by atoms with Crippen molar-refractivity contribution in [3.8, 4) is 0 Å². The molecule has 1 rings (SSSR count). The van der Waals surface area contributed by atoms with Crippen molar-refractivity contribution in [1.29, 1.82) is 5.41 Å². The number of piperidine rings is 1. The van der Waals surface area contributed by atoms with Crippen molar-refractivity contribution < 1.29 is 27.4 Å². The first-order valence-electron chi connectivity index (χ1n) is 11.8. The van der Waals surface area contributed by atoms with E-state index in [1.54, 1.807) is 41.7 Å². The number of aliphatic imine (C=N–C) groups is 1. The second-order valence-corrected chi connectivity index (χ2v) is 9.50. The normalized spacial score (nSPS) is 17.1. The van der Waals surface area contributed by atoms with E-state index in [1.807, 2.05) is 18.0 Å². The largest absolute Gasteiger partial charge is 0.522 e. The number of nitrogens with zero attached hydrogens (tertiary/aromatic N) is 2. The molecule has 1 fully saturated rings. The van der Waals surface area contributed by atoms with Crippen molar-refractivity contribution in [2.24, 2.45) is 4.99 Å². The molecule has 3 N–H and O–H groups in total. The zero-order valence-corrected chi connectivity index (χ0v) is 21.9. The number of rotatable bonds is 10. The Bertz CT molecular complexity index is 821. The zero-order valence-electron chi connectivity index (χ0n) is 21.9. The van der Waals surface area contributed by atoms with Gasteiger partial charge in [0.15, 0.2) is 0 Å². The third-order valence-corrected chi connectivity index (χ3v) is 5.16. The number of ether oxygens (including phenoxy) is 2. The van der Waals surface area contributed by atoms with Crippen LogP contribution in [0, 0.1) is 5.41 Å². The number of alkyl halides is 3. The minimum Gasteiger partial charge on any atom is -0.444 e. The molecule has 1 amide bonds. The molecule has 0 unspecified atom stereocenters. The summed E-state index contributed by atoms with van der Waals surface area (Å²) < 4.78 is 47.4. The Morgan fingerprint density at radius 1 is 1.20 bits per heavy atom. The molecule has 0 bridgehead atoms. The van der Waals surface area contributed by atoms with Crippen molar-refractivity contribution in [3.63, 3.8) is 0 Å². The Labute approximate surface area is 206 Å². The summed E-state index contributed by atoms with van der Waals surface area (Å²) in [5.41, 5.74) is 2.00. The number of allylic oxidation sites excluding steroid dienone is 2. The smallest absolute Gasteiger partial charge is 0.444 e. The van der Waals surface area contributed by atoms with Gasteiger partial charge in [-0.25, -0.2) is 9.79 Å². The molecule has 1 aliphatic heterocycles. The minimum atomic E-state index is -4.67. The van der Waals surface area contributed by atoms with Gasteiger partial charge in [0.1, 0.15) is 11.4 Å². The fourth-order valence-electron chi connectivity index (χ4n) is 3.53. The highest BCUT2D eigenvalue weighted by molar-refractivity contribution is 5.97. The van der Waals surface area contributed by atoms with Crippen molar-refractivity contribution >= 4 is 17.5 Å². The van der Waals surface area contributed by atoms with Crippen LogP contribution in [-0.2, 0) is 9.47 Å². The number of nitrogens with one attached hydrogen (secondary N) is 3. The Kier molecular flexibility index (Phi) is 11.8. The van der Waals surface area contributed by atoms with Gasteiger partial charge < -0.3 is 25.7 Å². The highest BCUT2D eigenvalue weighted by atomic mass is 19.4. The van der Waals surface area contributed by atoms with E-state index >= 15 is 0 Å². The summed E-state index contributed by atoms with van der Waals surface area (Å²) in [6.07, 6.45) is -2.67. The topological polar surface area (TPSA) is 99.0 Å². The Balaban J connectivity index is 3.23. The van der Waals surface area contributed by atoms with Crippen LogP contribution in [0.2, 0.25) is 0 Å². The fraction of sp³-hybridized carbons (Fsp3) is 0.708. The zero-order chi connectivity index (χ0) is 26.8. The molecule has 0 radical (unpaired) electrons. The lowest BCUT2D eigenvalue weighted by Crippen LogP contribution is -2.39. The highest BCUT2D eigenvalue weighted by Gasteiger charge is 2.35. The van der Waals surface area contributed by atoms with Crippen molar-refractivity contribution in [2.45, 2.75) is 85.3 Å². The predicted molar refractivity (Wildman–Crippen MR) is 132 cm³/mol. The summed E-state index contributed by atoms with van der Waals surface area (Å²) >= 11 is 0. The maximum atomic E-state index is 12.7. The molecule has 0 aromatic carbocycles. The van der Waals surface area contributed by atoms with E-state index in [0.717, 1.165) is 12.0 Å². The minimum absolute atomic E-state index is 0.128. The summed E-state index contributed by atoms with van der Waals surface area (Å²) in [4.78, 5) is 18.7. The SMILES string of the molecule is CC/C(=C/NC)C/C(C(C)=N)=C(/N=C(C)CNC(=O)OC(C)(C)C)N1CCC(OC(F)(F)F)CC1. The first-order valence-corrected chi connectivity index (χ1v) is 11.8. The first kappa shape index (κ1) is 30.5. The van der Waals surface area contributed by atoms with Crippen LogP contribution in [0.1, 0.15) is 67.2 Å². The third kappa shape index (κ3) is 12.1. The highest BCUT2D eigenvalue weighted by Crippen LogP contribution is 2.29. The van der Waals surface area contributed by atoms with Gasteiger partial charge in [-0.1, -0.05) is 12.5 Å². The van der Waals surface area contributed by atoms with Crippen LogP contribution in [0.15, 0.2) is 28.2 Å². The summed E-state index contributed by atoms with van der Waals surface area (Å²) in [5, 5.41) is 14.1. The van der Waals surface area contributed by atoms with E-state index < -0.39 is 24.2 Å². The van der Waals surface area contributed by atoms with Crippen LogP contribution in [0.4, 0.5) is 18.0 Å². The number of hydrogen-bond donors (Lipinski definition) is 3. The van der Waals surface area contributed by atoms with E-state index in [4.69, 9.17) is 15.1 Å². The Hall–Kier alpha value is -2.56. The maximum absolute atomic E-state index is 12.7. The van der Waals surface area contributed by atoms with Gasteiger partial charge in [0, 0.05) is 43.6 Å². The fourth-order valence-corrected chi connectivity index (χ4v) is 3.53. The van der Waals surface area contributed by atoms with Crippen LogP contribution in [-0.4, -0.2) is 67.2 Å². The lowest BCUT2D eigenvalue weighted by Gasteiger charge is -2.35. The van der Waals surface area contributed by atoms with E-state index in [1.165, 1.54) is 0 Å². The molecule has 11 heteroatoms. The van der Waals surface area contributed by atoms with Gasteiger partial charge in [-0.15, -0.1) is 13.2 Å².